The lowest BCUT2D eigenvalue weighted by atomic mass is 10.1. The Kier molecular flexibility index (Phi) is 6.53. The van der Waals surface area contributed by atoms with Crippen molar-refractivity contribution in [2.24, 2.45) is 0 Å². The largest absolute Gasteiger partial charge is 0.325 e. The summed E-state index contributed by atoms with van der Waals surface area (Å²) in [6.45, 7) is 6.26. The van der Waals surface area contributed by atoms with Gasteiger partial charge < -0.3 is 10.3 Å². The number of H-pyrrole nitrogens is 1. The second-order valence-electron chi connectivity index (χ2n) is 7.83. The van der Waals surface area contributed by atoms with E-state index in [1.165, 1.54) is 17.3 Å². The first-order valence-corrected chi connectivity index (χ1v) is 11.4. The number of hydrogen-bond acceptors (Lipinski definition) is 5. The highest BCUT2D eigenvalue weighted by Crippen LogP contribution is 2.21. The lowest BCUT2D eigenvalue weighted by Crippen LogP contribution is -2.35. The molecule has 2 aromatic carbocycles. The molecule has 6 nitrogen and oxygen atoms in total. The fourth-order valence-corrected chi connectivity index (χ4v) is 4.39. The smallest absolute Gasteiger partial charge is 0.256 e. The van der Waals surface area contributed by atoms with Crippen molar-refractivity contribution in [1.82, 2.24) is 14.9 Å². The zero-order chi connectivity index (χ0) is 21.8. The molecule has 2 heterocycles. The van der Waals surface area contributed by atoms with Crippen molar-refractivity contribution in [2.45, 2.75) is 38.5 Å². The Morgan fingerprint density at radius 1 is 1.16 bits per heavy atom. The number of thioether (sulfide) groups is 1. The van der Waals surface area contributed by atoms with Gasteiger partial charge in [-0.3, -0.25) is 14.5 Å². The van der Waals surface area contributed by atoms with Crippen molar-refractivity contribution in [3.8, 4) is 0 Å². The standard InChI is InChI=1S/C24H26N4O2S/c1-16-7-6-10-20(17(16)2)25-22(29)15-31-24-26-21-11-12-28(14-19(21)23(30)27-24)13-18-8-4-3-5-9-18/h3-10H,11-15H2,1-2H3,(H,25,29)(H,26,27,30). The van der Waals surface area contributed by atoms with Gasteiger partial charge in [-0.1, -0.05) is 54.2 Å². The number of rotatable bonds is 6. The minimum atomic E-state index is -0.117. The predicted molar refractivity (Wildman–Crippen MR) is 124 cm³/mol. The normalized spacial score (nSPS) is 13.6. The van der Waals surface area contributed by atoms with Crippen LogP contribution >= 0.6 is 11.8 Å². The molecule has 160 valence electrons. The van der Waals surface area contributed by atoms with Crippen LogP contribution in [0.3, 0.4) is 0 Å². The molecule has 31 heavy (non-hydrogen) atoms. The lowest BCUT2D eigenvalue weighted by Gasteiger charge is -2.27. The van der Waals surface area contributed by atoms with Crippen LogP contribution in [0.25, 0.3) is 0 Å². The Morgan fingerprint density at radius 3 is 2.77 bits per heavy atom. The van der Waals surface area contributed by atoms with Crippen molar-refractivity contribution in [1.29, 1.82) is 0 Å². The Labute approximate surface area is 186 Å². The highest BCUT2D eigenvalue weighted by atomic mass is 32.2. The maximum absolute atomic E-state index is 12.7. The SMILES string of the molecule is Cc1cccc(NC(=O)CSc2nc3c(c(=O)[nH]2)CN(Cc2ccccc2)CC3)c1C. The molecule has 1 aromatic heterocycles. The Balaban J connectivity index is 1.38. The molecule has 0 spiro atoms. The van der Waals surface area contributed by atoms with Gasteiger partial charge in [-0.25, -0.2) is 4.98 Å². The van der Waals surface area contributed by atoms with Gasteiger partial charge in [0.15, 0.2) is 5.16 Å². The molecule has 0 saturated carbocycles. The van der Waals surface area contributed by atoms with E-state index in [9.17, 15) is 9.59 Å². The van der Waals surface area contributed by atoms with E-state index in [4.69, 9.17) is 0 Å². The van der Waals surface area contributed by atoms with Gasteiger partial charge in [-0.05, 0) is 36.6 Å². The van der Waals surface area contributed by atoms with Crippen LogP contribution in [0.4, 0.5) is 5.69 Å². The second kappa shape index (κ2) is 9.49. The third kappa shape index (κ3) is 5.24. The predicted octanol–water partition coefficient (Wildman–Crippen LogP) is 3.68. The highest BCUT2D eigenvalue weighted by molar-refractivity contribution is 7.99. The van der Waals surface area contributed by atoms with Crippen LogP contribution in [0, 0.1) is 13.8 Å². The fourth-order valence-electron chi connectivity index (χ4n) is 3.71. The molecule has 7 heteroatoms. The minimum absolute atomic E-state index is 0.111. The van der Waals surface area contributed by atoms with Crippen molar-refractivity contribution in [3.05, 3.63) is 86.8 Å². The number of carbonyl (C=O) groups is 1. The zero-order valence-electron chi connectivity index (χ0n) is 17.8. The number of hydrogen-bond donors (Lipinski definition) is 2. The summed E-state index contributed by atoms with van der Waals surface area (Å²) in [5.74, 6) is 0.0722. The van der Waals surface area contributed by atoms with Gasteiger partial charge in [0.05, 0.1) is 17.0 Å². The summed E-state index contributed by atoms with van der Waals surface area (Å²) in [6.07, 6.45) is 0.730. The maximum Gasteiger partial charge on any atom is 0.256 e. The Morgan fingerprint density at radius 2 is 1.97 bits per heavy atom. The maximum atomic E-state index is 12.7. The van der Waals surface area contributed by atoms with Gasteiger partial charge in [0.1, 0.15) is 0 Å². The molecule has 0 unspecified atom stereocenters. The average molecular weight is 435 g/mol. The first-order valence-electron chi connectivity index (χ1n) is 10.4. The first kappa shape index (κ1) is 21.3. The van der Waals surface area contributed by atoms with Crippen LogP contribution in [0.2, 0.25) is 0 Å². The number of nitrogens with one attached hydrogen (secondary N) is 2. The number of fused-ring (bicyclic) bond motifs is 1. The van der Waals surface area contributed by atoms with Crippen molar-refractivity contribution >= 4 is 23.4 Å². The molecule has 1 aliphatic rings. The minimum Gasteiger partial charge on any atom is -0.325 e. The van der Waals surface area contributed by atoms with Crippen LogP contribution in [0.5, 0.6) is 0 Å². The molecular weight excluding hydrogens is 408 g/mol. The summed E-state index contributed by atoms with van der Waals surface area (Å²) in [5.41, 5.74) is 5.69. The molecular formula is C24H26N4O2S. The molecule has 4 rings (SSSR count). The van der Waals surface area contributed by atoms with Crippen LogP contribution < -0.4 is 10.9 Å². The number of amides is 1. The number of aromatic nitrogens is 2. The molecule has 0 fully saturated rings. The van der Waals surface area contributed by atoms with Crippen LogP contribution in [0.1, 0.15) is 27.9 Å². The van der Waals surface area contributed by atoms with Crippen LogP contribution in [0.15, 0.2) is 58.5 Å². The molecule has 0 aliphatic carbocycles. The Hall–Kier alpha value is -2.90. The molecule has 0 atom stereocenters. The van der Waals surface area contributed by atoms with Gasteiger partial charge >= 0.3 is 0 Å². The molecule has 0 bridgehead atoms. The van der Waals surface area contributed by atoms with E-state index in [-0.39, 0.29) is 17.2 Å². The van der Waals surface area contributed by atoms with Gasteiger partial charge in [-0.2, -0.15) is 0 Å². The highest BCUT2D eigenvalue weighted by Gasteiger charge is 2.21. The molecule has 1 amide bonds. The summed E-state index contributed by atoms with van der Waals surface area (Å²) in [7, 11) is 0. The summed E-state index contributed by atoms with van der Waals surface area (Å²) >= 11 is 1.26. The summed E-state index contributed by atoms with van der Waals surface area (Å²) in [6, 6.07) is 16.1. The van der Waals surface area contributed by atoms with Crippen LogP contribution in [-0.4, -0.2) is 33.1 Å². The number of benzene rings is 2. The molecule has 0 saturated heterocycles. The third-order valence-electron chi connectivity index (χ3n) is 5.59. The van der Waals surface area contributed by atoms with Crippen LogP contribution in [-0.2, 0) is 24.3 Å². The number of nitrogens with zero attached hydrogens (tertiary/aromatic N) is 2. The topological polar surface area (TPSA) is 78.1 Å². The van der Waals surface area contributed by atoms with Crippen molar-refractivity contribution in [3.63, 3.8) is 0 Å². The summed E-state index contributed by atoms with van der Waals surface area (Å²) in [4.78, 5) is 34.8. The quantitative estimate of drug-likeness (QED) is 0.457. The van der Waals surface area contributed by atoms with Crippen molar-refractivity contribution in [2.75, 3.05) is 17.6 Å². The number of anilines is 1. The number of carbonyl (C=O) groups excluding carboxylic acids is 1. The van der Waals surface area contributed by atoms with Gasteiger partial charge in [0, 0.05) is 31.7 Å². The van der Waals surface area contributed by atoms with E-state index in [0.717, 1.165) is 47.6 Å². The number of aryl methyl sites for hydroxylation is 1. The molecule has 1 aliphatic heterocycles. The molecule has 0 radical (unpaired) electrons. The second-order valence-corrected chi connectivity index (χ2v) is 8.79. The number of aromatic amines is 1. The van der Waals surface area contributed by atoms with E-state index in [1.807, 2.05) is 50.2 Å². The van der Waals surface area contributed by atoms with E-state index >= 15 is 0 Å². The van der Waals surface area contributed by atoms with E-state index in [1.54, 1.807) is 0 Å². The third-order valence-corrected chi connectivity index (χ3v) is 6.47. The summed E-state index contributed by atoms with van der Waals surface area (Å²) < 4.78 is 0. The average Bonchev–Trinajstić information content (AvgIpc) is 2.77. The summed E-state index contributed by atoms with van der Waals surface area (Å²) in [5, 5.41) is 3.44. The lowest BCUT2D eigenvalue weighted by molar-refractivity contribution is -0.113. The van der Waals surface area contributed by atoms with Gasteiger partial charge in [-0.15, -0.1) is 0 Å². The fraction of sp³-hybridized carbons (Fsp3) is 0.292. The van der Waals surface area contributed by atoms with E-state index in [2.05, 4.69) is 32.3 Å². The first-order chi connectivity index (χ1) is 15.0. The van der Waals surface area contributed by atoms with Gasteiger partial charge in [0.2, 0.25) is 5.91 Å². The van der Waals surface area contributed by atoms with E-state index in [0.29, 0.717) is 11.7 Å². The zero-order valence-corrected chi connectivity index (χ0v) is 18.6. The Bertz CT molecular complexity index is 1140. The van der Waals surface area contributed by atoms with Gasteiger partial charge in [0.25, 0.3) is 5.56 Å². The van der Waals surface area contributed by atoms with Crippen molar-refractivity contribution < 1.29 is 4.79 Å². The molecule has 3 aromatic rings. The molecule has 2 N–H and O–H groups in total. The monoisotopic (exact) mass is 434 g/mol. The van der Waals surface area contributed by atoms with E-state index < -0.39 is 0 Å².